The Hall–Kier alpha value is -6.69. The molecule has 0 saturated heterocycles. The van der Waals surface area contributed by atoms with Crippen molar-refractivity contribution in [3.63, 3.8) is 0 Å². The lowest BCUT2D eigenvalue weighted by atomic mass is 10.0. The molecule has 2 aliphatic carbocycles. The van der Waals surface area contributed by atoms with Crippen LogP contribution in [0.1, 0.15) is 13.8 Å². The summed E-state index contributed by atoms with van der Waals surface area (Å²) in [4.78, 5) is 19.5. The monoisotopic (exact) mass is 978 g/mol. The standard InChI is InChI=1S/C39H34N10O13S4/c1-21-15-23(9-11-31(21)48-46-25-17-29-27(35(19-25)65(57,58)59)5-3-7-33(29)63(51,52)53)41-38-43-37(40-13-14-50)44-39(45-38)42-24-10-12-32(22(2)16-24)49-47-26-18-30-28(36(20-26)66(60,61)62)6-4-8-34(30)64(54,55)56/h3-12,15-20,31-32,50H,13-14H2,1-2H3,(H,51,52,53)(H,54,55,56)(H,57,58,59)(H,60,61,62)(H,40,43,44,45)/b41-23-,42-24-,48-46?,49-47?. The molecule has 0 saturated carbocycles. The lowest BCUT2D eigenvalue weighted by Crippen LogP contribution is -2.11. The molecule has 23 nitrogen and oxygen atoms in total. The summed E-state index contributed by atoms with van der Waals surface area (Å²) in [6.45, 7) is 3.23. The van der Waals surface area contributed by atoms with Crippen LogP contribution in [-0.2, 0) is 40.5 Å². The third-order valence-corrected chi connectivity index (χ3v) is 13.2. The largest absolute Gasteiger partial charge is 0.395 e. The Balaban J connectivity index is 1.13. The van der Waals surface area contributed by atoms with Gasteiger partial charge in [0.05, 0.1) is 29.4 Å². The number of hydrogen-bond acceptors (Lipinski definition) is 19. The predicted molar refractivity (Wildman–Crippen MR) is 239 cm³/mol. The quantitative estimate of drug-likeness (QED) is 0.0577. The summed E-state index contributed by atoms with van der Waals surface area (Å²) in [5.41, 5.74) is 1.65. The van der Waals surface area contributed by atoms with Crippen LogP contribution in [0.5, 0.6) is 0 Å². The molecule has 0 bridgehead atoms. The maximum Gasteiger partial charge on any atom is 0.295 e. The van der Waals surface area contributed by atoms with E-state index < -0.39 is 72.1 Å². The summed E-state index contributed by atoms with van der Waals surface area (Å²) >= 11 is 0. The summed E-state index contributed by atoms with van der Waals surface area (Å²) in [6, 6.07) is 10.1. The molecule has 2 atom stereocenters. The zero-order chi connectivity index (χ0) is 47.8. The second-order valence-corrected chi connectivity index (χ2v) is 19.8. The van der Waals surface area contributed by atoms with E-state index >= 15 is 0 Å². The van der Waals surface area contributed by atoms with Crippen LogP contribution in [0.2, 0.25) is 0 Å². The summed E-state index contributed by atoms with van der Waals surface area (Å²) in [5.74, 6) is -0.132. The normalized spacial score (nSPS) is 18.5. The molecule has 0 amide bonds. The molecule has 2 aliphatic rings. The fourth-order valence-corrected chi connectivity index (χ4v) is 9.46. The van der Waals surface area contributed by atoms with Crippen molar-refractivity contribution in [1.29, 1.82) is 0 Å². The maximum absolute atomic E-state index is 12.2. The van der Waals surface area contributed by atoms with Crippen LogP contribution < -0.4 is 5.32 Å². The van der Waals surface area contributed by atoms with E-state index in [1.54, 1.807) is 50.3 Å². The molecule has 0 radical (unpaired) electrons. The molecule has 7 rings (SSSR count). The fourth-order valence-electron chi connectivity index (χ4n) is 6.62. The van der Waals surface area contributed by atoms with Gasteiger partial charge in [0.2, 0.25) is 5.95 Å². The summed E-state index contributed by atoms with van der Waals surface area (Å²) in [5, 5.41) is 28.2. The number of aromatic nitrogens is 3. The molecule has 1 aromatic heterocycles. The van der Waals surface area contributed by atoms with E-state index in [1.807, 2.05) is 0 Å². The lowest BCUT2D eigenvalue weighted by molar-refractivity contribution is 0.310. The predicted octanol–water partition coefficient (Wildman–Crippen LogP) is 6.05. The highest BCUT2D eigenvalue weighted by atomic mass is 32.2. The van der Waals surface area contributed by atoms with Crippen LogP contribution in [0, 0.1) is 0 Å². The van der Waals surface area contributed by atoms with Crippen molar-refractivity contribution in [2.45, 2.75) is 45.5 Å². The van der Waals surface area contributed by atoms with Crippen LogP contribution in [0.15, 0.2) is 158 Å². The highest BCUT2D eigenvalue weighted by molar-refractivity contribution is 7.87. The molecule has 27 heteroatoms. The van der Waals surface area contributed by atoms with Crippen molar-refractivity contribution in [2.75, 3.05) is 18.5 Å². The van der Waals surface area contributed by atoms with Gasteiger partial charge in [0.1, 0.15) is 31.7 Å². The van der Waals surface area contributed by atoms with Gasteiger partial charge in [0.25, 0.3) is 52.4 Å². The first-order valence-corrected chi connectivity index (χ1v) is 24.6. The molecule has 2 unspecified atom stereocenters. The number of rotatable bonds is 13. The van der Waals surface area contributed by atoms with Crippen molar-refractivity contribution in [1.82, 2.24) is 15.0 Å². The summed E-state index contributed by atoms with van der Waals surface area (Å²) in [6.07, 6.45) is 9.65. The van der Waals surface area contributed by atoms with E-state index in [4.69, 9.17) is 0 Å². The number of aliphatic hydroxyl groups is 1. The topological polar surface area (TPSA) is 363 Å². The van der Waals surface area contributed by atoms with Crippen LogP contribution >= 0.6 is 0 Å². The Labute approximate surface area is 375 Å². The van der Waals surface area contributed by atoms with Gasteiger partial charge in [-0.2, -0.15) is 69.1 Å². The van der Waals surface area contributed by atoms with Gasteiger partial charge < -0.3 is 10.4 Å². The Bertz CT molecular complexity index is 3340. The number of hydrogen-bond donors (Lipinski definition) is 6. The fraction of sp³-hybridized carbons (Fsp3) is 0.154. The maximum atomic E-state index is 12.2. The number of aliphatic hydroxyl groups excluding tert-OH is 1. The molecule has 0 spiro atoms. The summed E-state index contributed by atoms with van der Waals surface area (Å²) in [7, 11) is -19.3. The Morgan fingerprint density at radius 1 is 0.561 bits per heavy atom. The average molecular weight is 979 g/mol. The minimum absolute atomic E-state index is 0.0330. The van der Waals surface area contributed by atoms with Gasteiger partial charge in [-0.05, 0) is 85.7 Å². The minimum atomic E-state index is -4.87. The molecule has 5 aromatic rings. The molecule has 66 heavy (non-hydrogen) atoms. The zero-order valence-electron chi connectivity index (χ0n) is 34.0. The summed E-state index contributed by atoms with van der Waals surface area (Å²) < 4.78 is 136. The Kier molecular flexibility index (Phi) is 13.1. The van der Waals surface area contributed by atoms with E-state index in [0.29, 0.717) is 22.6 Å². The number of benzene rings is 4. The number of allylic oxidation sites excluding steroid dienone is 4. The molecular weight excluding hydrogens is 945 g/mol. The number of nitrogens with one attached hydrogen (secondary N) is 1. The van der Waals surface area contributed by atoms with E-state index in [1.165, 1.54) is 36.4 Å². The third kappa shape index (κ3) is 10.9. The second-order valence-electron chi connectivity index (χ2n) is 14.3. The van der Waals surface area contributed by atoms with E-state index in [-0.39, 0.29) is 63.9 Å². The number of nitrogens with zero attached hydrogens (tertiary/aromatic N) is 9. The highest BCUT2D eigenvalue weighted by Gasteiger charge is 2.24. The molecule has 0 fully saturated rings. The SMILES string of the molecule is CC1=C/C(=N\c2nc(/N=C3/C=CC(N=Nc4cc(S(=O)(=O)O)c5cccc(S(=O)(=O)O)c5c4)C(C)=C3)nc(NCCO)n2)C=CC1N=Nc1cc(S(=O)(=O)O)c2cccc(S(=O)(=O)O)c2c1. The number of aliphatic imine (C=N–C) groups is 2. The van der Waals surface area contributed by atoms with Gasteiger partial charge in [-0.15, -0.1) is 0 Å². The first-order valence-electron chi connectivity index (χ1n) is 18.8. The molecule has 0 aliphatic heterocycles. The Morgan fingerprint density at radius 2 is 0.970 bits per heavy atom. The van der Waals surface area contributed by atoms with Crippen molar-refractivity contribution in [2.24, 2.45) is 30.4 Å². The van der Waals surface area contributed by atoms with Crippen LogP contribution in [0.4, 0.5) is 29.2 Å². The average Bonchev–Trinajstić information content (AvgIpc) is 3.22. The number of fused-ring (bicyclic) bond motifs is 2. The van der Waals surface area contributed by atoms with Crippen molar-refractivity contribution in [3.05, 3.63) is 108 Å². The van der Waals surface area contributed by atoms with E-state index in [2.05, 4.69) is 50.7 Å². The van der Waals surface area contributed by atoms with E-state index in [0.717, 1.165) is 24.3 Å². The van der Waals surface area contributed by atoms with Gasteiger partial charge in [-0.25, -0.2) is 9.98 Å². The van der Waals surface area contributed by atoms with Gasteiger partial charge in [-0.1, -0.05) is 36.4 Å². The number of azo groups is 2. The molecule has 1 heterocycles. The van der Waals surface area contributed by atoms with Gasteiger partial charge in [-0.3, -0.25) is 18.2 Å². The second kappa shape index (κ2) is 18.3. The minimum Gasteiger partial charge on any atom is -0.395 e. The first kappa shape index (κ1) is 47.3. The van der Waals surface area contributed by atoms with Gasteiger partial charge >= 0.3 is 0 Å². The van der Waals surface area contributed by atoms with Gasteiger partial charge in [0.15, 0.2) is 0 Å². The Morgan fingerprint density at radius 3 is 1.33 bits per heavy atom. The lowest BCUT2D eigenvalue weighted by Gasteiger charge is -2.13. The zero-order valence-corrected chi connectivity index (χ0v) is 37.2. The van der Waals surface area contributed by atoms with E-state index in [9.17, 15) is 57.0 Å². The molecule has 342 valence electrons. The third-order valence-electron chi connectivity index (χ3n) is 9.56. The van der Waals surface area contributed by atoms with Crippen molar-refractivity contribution < 1.29 is 57.0 Å². The van der Waals surface area contributed by atoms with Crippen molar-refractivity contribution in [3.8, 4) is 0 Å². The molecular formula is C39H34N10O13S4. The first-order chi connectivity index (χ1) is 31.0. The molecule has 6 N–H and O–H groups in total. The van der Waals surface area contributed by atoms with Crippen LogP contribution in [-0.4, -0.2) is 109 Å². The smallest absolute Gasteiger partial charge is 0.295 e. The van der Waals surface area contributed by atoms with Gasteiger partial charge in [0, 0.05) is 28.1 Å². The van der Waals surface area contributed by atoms with Crippen LogP contribution in [0.25, 0.3) is 21.5 Å². The highest BCUT2D eigenvalue weighted by Crippen LogP contribution is 2.35. The van der Waals surface area contributed by atoms with Crippen LogP contribution in [0.3, 0.4) is 0 Å². The number of anilines is 1. The van der Waals surface area contributed by atoms with Crippen molar-refractivity contribution >= 4 is 103 Å². The molecule has 4 aromatic carbocycles.